The van der Waals surface area contributed by atoms with Crippen LogP contribution in [0.2, 0.25) is 5.02 Å². The highest BCUT2D eigenvalue weighted by Crippen LogP contribution is 2.32. The van der Waals surface area contributed by atoms with Gasteiger partial charge >= 0.3 is 0 Å². The van der Waals surface area contributed by atoms with E-state index in [2.05, 4.69) is 23.2 Å². The molecule has 4 heteroatoms. The number of halogens is 1. The van der Waals surface area contributed by atoms with Crippen LogP contribution < -0.4 is 5.32 Å². The molecule has 0 amide bonds. The van der Waals surface area contributed by atoms with E-state index < -0.39 is 0 Å². The van der Waals surface area contributed by atoms with Crippen molar-refractivity contribution < 1.29 is 5.11 Å². The van der Waals surface area contributed by atoms with E-state index in [0.29, 0.717) is 0 Å². The Morgan fingerprint density at radius 3 is 2.72 bits per heavy atom. The summed E-state index contributed by atoms with van der Waals surface area (Å²) in [4.78, 5) is 2.42. The summed E-state index contributed by atoms with van der Waals surface area (Å²) in [7, 11) is 0. The number of aryl methyl sites for hydroxylation is 1. The molecule has 1 aromatic carbocycles. The minimum absolute atomic E-state index is 0.194. The Hall–Kier alpha value is -0.610. The van der Waals surface area contributed by atoms with Gasteiger partial charge in [-0.2, -0.15) is 0 Å². The molecule has 1 atom stereocenters. The van der Waals surface area contributed by atoms with Gasteiger partial charge in [-0.1, -0.05) is 23.7 Å². The van der Waals surface area contributed by atoms with Gasteiger partial charge in [0.05, 0.1) is 0 Å². The zero-order chi connectivity index (χ0) is 13.0. The first-order valence-corrected chi connectivity index (χ1v) is 6.92. The number of piperazine rings is 1. The summed E-state index contributed by atoms with van der Waals surface area (Å²) in [6.07, 6.45) is 0.741. The summed E-state index contributed by atoms with van der Waals surface area (Å²) in [5, 5.41) is 13.5. The fourth-order valence-corrected chi connectivity index (χ4v) is 3.04. The average molecular weight is 269 g/mol. The maximum Gasteiger partial charge on any atom is 0.0456 e. The van der Waals surface area contributed by atoms with Gasteiger partial charge in [0.15, 0.2) is 0 Å². The first-order valence-electron chi connectivity index (χ1n) is 6.54. The second kappa shape index (κ2) is 6.53. The van der Waals surface area contributed by atoms with E-state index >= 15 is 0 Å². The van der Waals surface area contributed by atoms with E-state index in [-0.39, 0.29) is 12.6 Å². The molecule has 0 radical (unpaired) electrons. The van der Waals surface area contributed by atoms with Crippen molar-refractivity contribution in [2.24, 2.45) is 0 Å². The Labute approximate surface area is 114 Å². The lowest BCUT2D eigenvalue weighted by molar-refractivity contribution is 0.141. The largest absolute Gasteiger partial charge is 0.396 e. The predicted molar refractivity (Wildman–Crippen MR) is 75.1 cm³/mol. The number of aliphatic hydroxyl groups is 1. The zero-order valence-electron chi connectivity index (χ0n) is 10.8. The fraction of sp³-hybridized carbons (Fsp3) is 0.571. The van der Waals surface area contributed by atoms with Gasteiger partial charge in [-0.3, -0.25) is 4.90 Å². The third-order valence-corrected chi connectivity index (χ3v) is 3.93. The van der Waals surface area contributed by atoms with Crippen LogP contribution in [-0.2, 0) is 0 Å². The monoisotopic (exact) mass is 268 g/mol. The van der Waals surface area contributed by atoms with Gasteiger partial charge in [0.25, 0.3) is 0 Å². The van der Waals surface area contributed by atoms with E-state index in [4.69, 9.17) is 11.6 Å². The lowest BCUT2D eigenvalue weighted by Gasteiger charge is -2.36. The quantitative estimate of drug-likeness (QED) is 0.877. The topological polar surface area (TPSA) is 35.5 Å². The molecule has 1 heterocycles. The minimum atomic E-state index is 0.194. The van der Waals surface area contributed by atoms with Crippen molar-refractivity contribution in [2.45, 2.75) is 19.4 Å². The Balaban J connectivity index is 2.28. The van der Waals surface area contributed by atoms with E-state index in [1.165, 1.54) is 11.1 Å². The molecule has 0 aliphatic carbocycles. The van der Waals surface area contributed by atoms with Gasteiger partial charge < -0.3 is 10.4 Å². The maximum absolute atomic E-state index is 9.33. The second-order valence-corrected chi connectivity index (χ2v) is 5.19. The predicted octanol–water partition coefficient (Wildman–Crippen LogP) is 1.98. The van der Waals surface area contributed by atoms with Crippen LogP contribution >= 0.6 is 11.6 Å². The summed E-state index contributed by atoms with van der Waals surface area (Å²) in [5.74, 6) is 0. The normalized spacial score (nSPS) is 18.8. The van der Waals surface area contributed by atoms with Crippen LogP contribution in [-0.4, -0.2) is 42.8 Å². The maximum atomic E-state index is 9.33. The van der Waals surface area contributed by atoms with Gasteiger partial charge in [-0.05, 0) is 30.5 Å². The molecule has 0 saturated carbocycles. The number of hydrogen-bond donors (Lipinski definition) is 2. The van der Waals surface area contributed by atoms with Crippen LogP contribution in [0.5, 0.6) is 0 Å². The van der Waals surface area contributed by atoms with Crippen molar-refractivity contribution in [3.63, 3.8) is 0 Å². The van der Waals surface area contributed by atoms with E-state index in [1.54, 1.807) is 0 Å². The molecule has 3 nitrogen and oxygen atoms in total. The van der Waals surface area contributed by atoms with Crippen molar-refractivity contribution in [1.82, 2.24) is 10.2 Å². The van der Waals surface area contributed by atoms with Crippen molar-refractivity contribution in [2.75, 3.05) is 32.8 Å². The van der Waals surface area contributed by atoms with Gasteiger partial charge in [0.1, 0.15) is 0 Å². The molecule has 0 unspecified atom stereocenters. The number of aliphatic hydroxyl groups excluding tert-OH is 1. The summed E-state index contributed by atoms with van der Waals surface area (Å²) in [6, 6.07) is 6.24. The molecule has 1 aliphatic rings. The minimum Gasteiger partial charge on any atom is -0.396 e. The summed E-state index contributed by atoms with van der Waals surface area (Å²) >= 11 is 6.36. The lowest BCUT2D eigenvalue weighted by atomic mass is 9.97. The van der Waals surface area contributed by atoms with E-state index in [0.717, 1.165) is 37.6 Å². The van der Waals surface area contributed by atoms with Crippen LogP contribution in [0, 0.1) is 6.92 Å². The highest BCUT2D eigenvalue weighted by molar-refractivity contribution is 6.31. The first kappa shape index (κ1) is 13.8. The molecule has 0 aromatic heterocycles. The number of benzene rings is 1. The molecule has 1 fully saturated rings. The standard InChI is InChI=1S/C14H21ClN2O/c1-11-3-2-4-12(15)14(11)13(5-10-18)17-8-6-16-7-9-17/h2-4,13,16,18H,5-10H2,1H3/t13-/m0/s1. The average Bonchev–Trinajstić information content (AvgIpc) is 2.38. The molecular formula is C14H21ClN2O. The number of rotatable bonds is 4. The molecular weight excluding hydrogens is 248 g/mol. The van der Waals surface area contributed by atoms with Crippen LogP contribution in [0.25, 0.3) is 0 Å². The van der Waals surface area contributed by atoms with Gasteiger partial charge in [0.2, 0.25) is 0 Å². The van der Waals surface area contributed by atoms with Crippen LogP contribution in [0.4, 0.5) is 0 Å². The van der Waals surface area contributed by atoms with E-state index in [9.17, 15) is 5.11 Å². The van der Waals surface area contributed by atoms with Crippen LogP contribution in [0.15, 0.2) is 18.2 Å². The van der Waals surface area contributed by atoms with Crippen molar-refractivity contribution in [1.29, 1.82) is 0 Å². The third kappa shape index (κ3) is 3.04. The molecule has 0 bridgehead atoms. The third-order valence-electron chi connectivity index (χ3n) is 3.60. The molecule has 100 valence electrons. The molecule has 2 N–H and O–H groups in total. The number of nitrogens with one attached hydrogen (secondary N) is 1. The molecule has 0 spiro atoms. The Morgan fingerprint density at radius 2 is 2.11 bits per heavy atom. The van der Waals surface area contributed by atoms with Gasteiger partial charge in [0, 0.05) is 43.9 Å². The molecule has 1 saturated heterocycles. The molecule has 1 aliphatic heterocycles. The van der Waals surface area contributed by atoms with Crippen molar-refractivity contribution in [3.8, 4) is 0 Å². The Bertz CT molecular complexity index is 371. The second-order valence-electron chi connectivity index (χ2n) is 4.78. The molecule has 18 heavy (non-hydrogen) atoms. The molecule has 2 rings (SSSR count). The molecule has 1 aromatic rings. The Morgan fingerprint density at radius 1 is 1.39 bits per heavy atom. The summed E-state index contributed by atoms with van der Waals surface area (Å²) in [5.41, 5.74) is 2.38. The van der Waals surface area contributed by atoms with Crippen LogP contribution in [0.1, 0.15) is 23.6 Å². The fourth-order valence-electron chi connectivity index (χ4n) is 2.69. The SMILES string of the molecule is Cc1cccc(Cl)c1[C@H](CCO)N1CCNCC1. The zero-order valence-corrected chi connectivity index (χ0v) is 11.6. The first-order chi connectivity index (χ1) is 8.74. The van der Waals surface area contributed by atoms with Crippen molar-refractivity contribution in [3.05, 3.63) is 34.3 Å². The summed E-state index contributed by atoms with van der Waals surface area (Å²) in [6.45, 7) is 6.31. The van der Waals surface area contributed by atoms with Gasteiger partial charge in [-0.15, -0.1) is 0 Å². The van der Waals surface area contributed by atoms with Gasteiger partial charge in [-0.25, -0.2) is 0 Å². The summed E-state index contributed by atoms with van der Waals surface area (Å²) < 4.78 is 0. The van der Waals surface area contributed by atoms with Crippen molar-refractivity contribution >= 4 is 11.6 Å². The lowest BCUT2D eigenvalue weighted by Crippen LogP contribution is -2.45. The highest BCUT2D eigenvalue weighted by atomic mass is 35.5. The number of hydrogen-bond acceptors (Lipinski definition) is 3. The number of nitrogens with zero attached hydrogens (tertiary/aromatic N) is 1. The Kier molecular flexibility index (Phi) is 5.01. The van der Waals surface area contributed by atoms with E-state index in [1.807, 2.05) is 12.1 Å². The highest BCUT2D eigenvalue weighted by Gasteiger charge is 2.24. The smallest absolute Gasteiger partial charge is 0.0456 e. The van der Waals surface area contributed by atoms with Crippen LogP contribution in [0.3, 0.4) is 0 Å².